The summed E-state index contributed by atoms with van der Waals surface area (Å²) in [6.07, 6.45) is 1.35. The zero-order valence-electron chi connectivity index (χ0n) is 15.1. The van der Waals surface area contributed by atoms with Gasteiger partial charge in [0.15, 0.2) is 5.82 Å². The van der Waals surface area contributed by atoms with E-state index >= 15 is 0 Å². The van der Waals surface area contributed by atoms with E-state index in [2.05, 4.69) is 20.3 Å². The fourth-order valence-electron chi connectivity index (χ4n) is 3.08. The number of thiazole rings is 1. The summed E-state index contributed by atoms with van der Waals surface area (Å²) < 4.78 is 1.51. The number of hydrogen-bond acceptors (Lipinski definition) is 8. The van der Waals surface area contributed by atoms with Gasteiger partial charge >= 0.3 is 0 Å². The first kappa shape index (κ1) is 18.9. The van der Waals surface area contributed by atoms with Crippen molar-refractivity contribution in [2.24, 2.45) is 0 Å². The molecule has 3 N–H and O–H groups in total. The summed E-state index contributed by atoms with van der Waals surface area (Å²) in [7, 11) is 0. The van der Waals surface area contributed by atoms with Crippen LogP contribution in [0.3, 0.4) is 0 Å². The number of fused-ring (bicyclic) bond motifs is 1. The van der Waals surface area contributed by atoms with Crippen LogP contribution in [0.25, 0.3) is 16.6 Å². The summed E-state index contributed by atoms with van der Waals surface area (Å²) >= 11 is 7.68. The lowest BCUT2D eigenvalue weighted by Gasteiger charge is -2.20. The van der Waals surface area contributed by atoms with Crippen LogP contribution in [0.4, 0.5) is 11.8 Å². The molecular formula is C19H14ClN7OS. The second-order valence-electron chi connectivity index (χ2n) is 6.23. The molecule has 8 nitrogen and oxygen atoms in total. The molecule has 4 rings (SSSR count). The molecule has 0 bridgehead atoms. The maximum atomic E-state index is 13.3. The summed E-state index contributed by atoms with van der Waals surface area (Å²) in [5.74, 6) is 0.824. The number of nitrogens with one attached hydrogen (secondary N) is 1. The smallest absolute Gasteiger partial charge is 0.265 e. The third-order valence-corrected chi connectivity index (χ3v) is 5.29. The molecule has 3 aromatic heterocycles. The Labute approximate surface area is 174 Å². The van der Waals surface area contributed by atoms with Crippen molar-refractivity contribution in [1.82, 2.24) is 19.5 Å². The van der Waals surface area contributed by atoms with E-state index < -0.39 is 6.04 Å². The summed E-state index contributed by atoms with van der Waals surface area (Å²) in [6.45, 7) is 1.85. The average molecular weight is 424 g/mol. The van der Waals surface area contributed by atoms with E-state index in [9.17, 15) is 10.1 Å². The van der Waals surface area contributed by atoms with Crippen LogP contribution < -0.4 is 16.6 Å². The Kier molecular flexibility index (Phi) is 4.88. The number of hydrogen-bond donors (Lipinski definition) is 2. The van der Waals surface area contributed by atoms with Gasteiger partial charge in [-0.2, -0.15) is 10.2 Å². The minimum absolute atomic E-state index is 0.0425. The van der Waals surface area contributed by atoms with Gasteiger partial charge < -0.3 is 11.1 Å². The number of nitrogens with two attached hydrogens (primary N) is 1. The van der Waals surface area contributed by atoms with Crippen molar-refractivity contribution in [3.05, 3.63) is 68.0 Å². The Morgan fingerprint density at radius 3 is 2.93 bits per heavy atom. The van der Waals surface area contributed by atoms with E-state index in [-0.39, 0.29) is 22.9 Å². The molecule has 1 aromatic carbocycles. The van der Waals surface area contributed by atoms with Crippen molar-refractivity contribution >= 4 is 45.5 Å². The summed E-state index contributed by atoms with van der Waals surface area (Å²) in [4.78, 5) is 25.6. The molecule has 0 aliphatic rings. The van der Waals surface area contributed by atoms with E-state index in [4.69, 9.17) is 17.3 Å². The van der Waals surface area contributed by atoms with Crippen LogP contribution in [0.1, 0.15) is 24.2 Å². The van der Waals surface area contributed by atoms with Gasteiger partial charge in [-0.25, -0.2) is 9.97 Å². The number of nitrogen functional groups attached to an aromatic ring is 1. The van der Waals surface area contributed by atoms with E-state index in [1.807, 2.05) is 25.1 Å². The zero-order chi connectivity index (χ0) is 20.5. The van der Waals surface area contributed by atoms with Crippen LogP contribution in [0.2, 0.25) is 5.02 Å². The lowest BCUT2D eigenvalue weighted by atomic mass is 10.1. The normalized spacial score (nSPS) is 11.9. The maximum absolute atomic E-state index is 13.3. The molecule has 29 heavy (non-hydrogen) atoms. The van der Waals surface area contributed by atoms with E-state index in [0.29, 0.717) is 27.3 Å². The molecule has 0 saturated heterocycles. The monoisotopic (exact) mass is 423 g/mol. The number of halogens is 1. The highest BCUT2D eigenvalue weighted by molar-refractivity contribution is 7.07. The molecule has 10 heteroatoms. The van der Waals surface area contributed by atoms with Crippen LogP contribution >= 0.6 is 22.9 Å². The molecule has 0 aliphatic heterocycles. The highest BCUT2D eigenvalue weighted by atomic mass is 35.5. The van der Waals surface area contributed by atoms with Gasteiger partial charge in [0.25, 0.3) is 5.56 Å². The third-order valence-electron chi connectivity index (χ3n) is 4.40. The predicted molar refractivity (Wildman–Crippen MR) is 113 cm³/mol. The molecule has 0 amide bonds. The molecule has 144 valence electrons. The highest BCUT2D eigenvalue weighted by Gasteiger charge is 2.20. The molecule has 4 aromatic rings. The van der Waals surface area contributed by atoms with E-state index in [0.717, 1.165) is 0 Å². The number of benzene rings is 1. The van der Waals surface area contributed by atoms with Crippen molar-refractivity contribution in [2.75, 3.05) is 11.1 Å². The van der Waals surface area contributed by atoms with Gasteiger partial charge in [0.05, 0.1) is 33.9 Å². The van der Waals surface area contributed by atoms with Crippen LogP contribution in [0.5, 0.6) is 0 Å². The molecular weight excluding hydrogens is 410 g/mol. The molecule has 1 atom stereocenters. The van der Waals surface area contributed by atoms with Crippen LogP contribution in [-0.4, -0.2) is 19.5 Å². The van der Waals surface area contributed by atoms with Gasteiger partial charge in [-0.1, -0.05) is 23.7 Å². The second kappa shape index (κ2) is 7.50. The zero-order valence-corrected chi connectivity index (χ0v) is 16.7. The lowest BCUT2D eigenvalue weighted by Crippen LogP contribution is -2.26. The first-order valence-electron chi connectivity index (χ1n) is 8.51. The molecule has 0 saturated carbocycles. The van der Waals surface area contributed by atoms with Gasteiger partial charge in [-0.05, 0) is 24.4 Å². The second-order valence-corrected chi connectivity index (χ2v) is 7.35. The summed E-state index contributed by atoms with van der Waals surface area (Å²) in [6, 6.07) is 8.79. The molecule has 3 heterocycles. The van der Waals surface area contributed by atoms with Gasteiger partial charge in [0, 0.05) is 5.38 Å². The third kappa shape index (κ3) is 3.40. The fraction of sp³-hybridized carbons (Fsp3) is 0.105. The Balaban J connectivity index is 1.91. The van der Waals surface area contributed by atoms with Crippen molar-refractivity contribution in [2.45, 2.75) is 13.0 Å². The number of nitrogens with zero attached hydrogens (tertiary/aromatic N) is 5. The Hall–Kier alpha value is -3.48. The topological polar surface area (TPSA) is 123 Å². The standard InChI is InChI=1S/C19H14ClN7OS/c1-10(25-17-12(6-21)7-23-19(22)26-17)14-5-11-3-2-4-13(20)16(11)18(28)27(14)15-8-29-9-24-15/h2-5,7-10H,1H3,(H3,22,23,25,26). The van der Waals surface area contributed by atoms with Crippen LogP contribution in [0.15, 0.2) is 46.1 Å². The predicted octanol–water partition coefficient (Wildman–Crippen LogP) is 3.52. The Morgan fingerprint density at radius 1 is 1.38 bits per heavy atom. The van der Waals surface area contributed by atoms with E-state index in [1.165, 1.54) is 22.1 Å². The summed E-state index contributed by atoms with van der Waals surface area (Å²) in [5.41, 5.74) is 7.93. The van der Waals surface area contributed by atoms with Crippen LogP contribution in [0, 0.1) is 11.3 Å². The summed E-state index contributed by atoms with van der Waals surface area (Å²) in [5, 5.41) is 15.8. The number of rotatable bonds is 4. The molecule has 0 fully saturated rings. The maximum Gasteiger partial charge on any atom is 0.265 e. The van der Waals surface area contributed by atoms with Crippen molar-refractivity contribution in [3.8, 4) is 11.9 Å². The Morgan fingerprint density at radius 2 is 2.21 bits per heavy atom. The van der Waals surface area contributed by atoms with Gasteiger partial charge in [0.2, 0.25) is 5.95 Å². The minimum atomic E-state index is -0.408. The SMILES string of the molecule is CC(Nc1nc(N)ncc1C#N)c1cc2cccc(Cl)c2c(=O)n1-c1cscn1. The number of pyridine rings is 1. The van der Waals surface area contributed by atoms with Gasteiger partial charge in [-0.15, -0.1) is 11.3 Å². The lowest BCUT2D eigenvalue weighted by molar-refractivity contribution is 0.764. The Bertz CT molecular complexity index is 1310. The molecule has 0 radical (unpaired) electrons. The number of aromatic nitrogens is 4. The number of nitriles is 1. The first-order chi connectivity index (χ1) is 14.0. The van der Waals surface area contributed by atoms with E-state index in [1.54, 1.807) is 23.0 Å². The molecule has 0 aliphatic carbocycles. The van der Waals surface area contributed by atoms with Crippen molar-refractivity contribution < 1.29 is 0 Å². The number of anilines is 2. The largest absolute Gasteiger partial charge is 0.368 e. The fourth-order valence-corrected chi connectivity index (χ4v) is 3.86. The van der Waals surface area contributed by atoms with Crippen molar-refractivity contribution in [3.63, 3.8) is 0 Å². The first-order valence-corrected chi connectivity index (χ1v) is 9.83. The molecule has 0 spiro atoms. The highest BCUT2D eigenvalue weighted by Crippen LogP contribution is 2.27. The minimum Gasteiger partial charge on any atom is -0.368 e. The average Bonchev–Trinajstić information content (AvgIpc) is 3.22. The van der Waals surface area contributed by atoms with Gasteiger partial charge in [0.1, 0.15) is 17.5 Å². The van der Waals surface area contributed by atoms with Crippen molar-refractivity contribution in [1.29, 1.82) is 5.26 Å². The van der Waals surface area contributed by atoms with Crippen LogP contribution in [-0.2, 0) is 0 Å². The van der Waals surface area contributed by atoms with Gasteiger partial charge in [-0.3, -0.25) is 9.36 Å². The molecule has 1 unspecified atom stereocenters. The quantitative estimate of drug-likeness (QED) is 0.514.